The van der Waals surface area contributed by atoms with E-state index in [1.54, 1.807) is 12.1 Å². The van der Waals surface area contributed by atoms with Gasteiger partial charge in [0.15, 0.2) is 0 Å². The van der Waals surface area contributed by atoms with Crippen LogP contribution >= 0.6 is 0 Å². The van der Waals surface area contributed by atoms with E-state index in [0.29, 0.717) is 23.1 Å². The summed E-state index contributed by atoms with van der Waals surface area (Å²) in [6.45, 7) is 12.2. The van der Waals surface area contributed by atoms with Gasteiger partial charge in [-0.3, -0.25) is 4.98 Å². The average molecular weight is 1040 g/mol. The van der Waals surface area contributed by atoms with Crippen molar-refractivity contribution >= 4 is 78.9 Å². The minimum atomic E-state index is -2.18. The zero-order valence-corrected chi connectivity index (χ0v) is 40.2. The number of para-hydroxylation sites is 3. The largest absolute Gasteiger partial charge is 0.500 e. The molecule has 321 valence electrons. The zero-order chi connectivity index (χ0) is 48.7. The standard InChI is InChI=1S/C44H39N2O2Si.C13H12N.Ir/c1-25(2)35-23-27(49(5,6)7)24-36(26(3)4)40(35)46-38-17-10-9-16-37(38)45-44(46)34-15-12-14-29-31-21-22-32-33(42(31)48-43(29)34)20-19-30-28-13-8-11-18-39(28)47-41(30)32;1-10-3-6-12(7-4-10)13-8-5-11(2)9-14-13;/h8-14,16-26H,1-7H3;3-6,8-9H,1-2H3;/q2*-1;/i;1D3,2D3;. The van der Waals surface area contributed by atoms with Crippen LogP contribution in [0.1, 0.15) is 70.0 Å². The molecule has 0 amide bonds. The van der Waals surface area contributed by atoms with Crippen molar-refractivity contribution in [2.75, 3.05) is 0 Å². The Bertz CT molecular complexity index is 3660. The fourth-order valence-electron chi connectivity index (χ4n) is 8.76. The van der Waals surface area contributed by atoms with Gasteiger partial charge in [0.2, 0.25) is 0 Å². The van der Waals surface area contributed by atoms with Gasteiger partial charge in [-0.15, -0.1) is 53.6 Å². The van der Waals surface area contributed by atoms with Gasteiger partial charge in [-0.2, -0.15) is 0 Å². The van der Waals surface area contributed by atoms with E-state index < -0.39 is 21.8 Å². The topological polar surface area (TPSA) is 57.0 Å². The Labute approximate surface area is 398 Å². The minimum absolute atomic E-state index is 0. The summed E-state index contributed by atoms with van der Waals surface area (Å²) in [6, 6.07) is 48.5. The number of hydrogen-bond donors (Lipinski definition) is 0. The monoisotopic (exact) mass is 1040 g/mol. The summed E-state index contributed by atoms with van der Waals surface area (Å²) in [5.41, 5.74) is 11.8. The Hall–Kier alpha value is -6.11. The van der Waals surface area contributed by atoms with Crippen molar-refractivity contribution in [2.24, 2.45) is 0 Å². The number of imidazole rings is 1. The molecule has 64 heavy (non-hydrogen) atoms. The van der Waals surface area contributed by atoms with Crippen LogP contribution < -0.4 is 5.19 Å². The SMILES string of the molecule is CC(C)c1cc([Si](C)(C)C)cc(C(C)C)c1-n1c(-c2[c-]ccc3c2oc2c3ccc3c2ccc2c4ccccc4oc23)nc2ccccc21.[2H]C([2H])([2H])c1c[c-]c(-c2ccc(C([2H])([2H])[2H])cn2)cc1.[Ir]. The fourth-order valence-corrected chi connectivity index (χ4v) is 9.94. The number of rotatable bonds is 6. The van der Waals surface area contributed by atoms with Gasteiger partial charge in [-0.1, -0.05) is 131 Å². The maximum absolute atomic E-state index is 7.28. The van der Waals surface area contributed by atoms with Crippen molar-refractivity contribution < 1.29 is 37.2 Å². The van der Waals surface area contributed by atoms with Gasteiger partial charge in [-0.05, 0) is 77.5 Å². The van der Waals surface area contributed by atoms with Crippen molar-refractivity contribution in [2.45, 2.75) is 72.9 Å². The number of pyridine rings is 1. The van der Waals surface area contributed by atoms with Gasteiger partial charge >= 0.3 is 0 Å². The van der Waals surface area contributed by atoms with Gasteiger partial charge in [0.05, 0.1) is 30.5 Å². The van der Waals surface area contributed by atoms with Crippen LogP contribution in [0.2, 0.25) is 19.6 Å². The Morgan fingerprint density at radius 2 is 1.27 bits per heavy atom. The normalized spacial score (nSPS) is 13.8. The molecule has 4 heterocycles. The molecule has 0 saturated heterocycles. The van der Waals surface area contributed by atoms with Crippen LogP contribution in [-0.4, -0.2) is 22.6 Å². The van der Waals surface area contributed by atoms with Gasteiger partial charge in [0.1, 0.15) is 16.7 Å². The quantitative estimate of drug-likeness (QED) is 0.123. The molecule has 11 aromatic rings. The number of furan rings is 2. The Morgan fingerprint density at radius 3 is 1.89 bits per heavy atom. The number of aromatic nitrogens is 3. The number of fused-ring (bicyclic) bond motifs is 10. The number of nitrogens with zero attached hydrogens (tertiary/aromatic N) is 3. The molecule has 1 radical (unpaired) electrons. The molecule has 0 fully saturated rings. The van der Waals surface area contributed by atoms with E-state index >= 15 is 0 Å². The summed E-state index contributed by atoms with van der Waals surface area (Å²) < 4.78 is 59.4. The summed E-state index contributed by atoms with van der Waals surface area (Å²) in [7, 11) is -1.58. The second-order valence-electron chi connectivity index (χ2n) is 18.0. The summed E-state index contributed by atoms with van der Waals surface area (Å²) in [5, 5.41) is 7.93. The molecule has 7 heteroatoms. The smallest absolute Gasteiger partial charge is 0.143 e. The molecule has 0 unspecified atom stereocenters. The van der Waals surface area contributed by atoms with Crippen molar-refractivity contribution in [3.8, 4) is 28.3 Å². The Morgan fingerprint density at radius 1 is 0.641 bits per heavy atom. The second kappa shape index (κ2) is 16.8. The minimum Gasteiger partial charge on any atom is -0.500 e. The van der Waals surface area contributed by atoms with Crippen LogP contribution in [0.5, 0.6) is 0 Å². The van der Waals surface area contributed by atoms with Crippen molar-refractivity contribution in [3.63, 3.8) is 0 Å². The van der Waals surface area contributed by atoms with E-state index in [2.05, 4.69) is 148 Å². The third-order valence-electron chi connectivity index (χ3n) is 12.1. The van der Waals surface area contributed by atoms with Crippen LogP contribution in [0.3, 0.4) is 0 Å². The molecule has 4 aromatic heterocycles. The molecule has 0 aliphatic rings. The molecule has 0 atom stereocenters. The van der Waals surface area contributed by atoms with Gasteiger partial charge in [0.25, 0.3) is 0 Å². The van der Waals surface area contributed by atoms with E-state index in [1.807, 2.05) is 18.2 Å². The predicted octanol–water partition coefficient (Wildman–Crippen LogP) is 15.4. The van der Waals surface area contributed by atoms with Gasteiger partial charge in [-0.25, -0.2) is 0 Å². The summed E-state index contributed by atoms with van der Waals surface area (Å²) in [5.74, 6) is 1.50. The molecule has 5 nitrogen and oxygen atoms in total. The van der Waals surface area contributed by atoms with Gasteiger partial charge < -0.3 is 18.4 Å². The Balaban J connectivity index is 0.000000244. The van der Waals surface area contributed by atoms with Crippen molar-refractivity contribution in [1.29, 1.82) is 0 Å². The van der Waals surface area contributed by atoms with Gasteiger partial charge in [0, 0.05) is 67.1 Å². The first-order chi connectivity index (χ1) is 32.8. The molecule has 0 spiro atoms. The molecule has 0 aliphatic carbocycles. The van der Waals surface area contributed by atoms with Crippen LogP contribution in [0, 0.1) is 25.8 Å². The molecule has 0 N–H and O–H groups in total. The van der Waals surface area contributed by atoms with Crippen LogP contribution in [0.25, 0.3) is 94.0 Å². The second-order valence-corrected chi connectivity index (χ2v) is 23.1. The molecular formula is C57H51IrN3O2Si-2. The molecule has 11 rings (SSSR count). The zero-order valence-electron chi connectivity index (χ0n) is 42.8. The maximum atomic E-state index is 7.28. The van der Waals surface area contributed by atoms with Crippen LogP contribution in [0.15, 0.2) is 142 Å². The first kappa shape index (κ1) is 36.2. The Kier molecular flexibility index (Phi) is 9.51. The summed E-state index contributed by atoms with van der Waals surface area (Å²) in [6.07, 6.45) is 1.30. The molecule has 0 saturated carbocycles. The number of hydrogen-bond acceptors (Lipinski definition) is 4. The third kappa shape index (κ3) is 7.49. The number of benzene rings is 7. The average Bonchev–Trinajstić information content (AvgIpc) is 4.02. The van der Waals surface area contributed by atoms with E-state index in [1.165, 1.54) is 46.4 Å². The number of aryl methyl sites for hydroxylation is 2. The van der Waals surface area contributed by atoms with E-state index in [-0.39, 0.29) is 31.2 Å². The third-order valence-corrected chi connectivity index (χ3v) is 14.1. The maximum Gasteiger partial charge on any atom is 0.143 e. The molecular weight excluding hydrogens is 979 g/mol. The summed E-state index contributed by atoms with van der Waals surface area (Å²) >= 11 is 0. The summed E-state index contributed by atoms with van der Waals surface area (Å²) in [4.78, 5) is 9.42. The first-order valence-electron chi connectivity index (χ1n) is 24.5. The fraction of sp³-hybridized carbons (Fsp3) is 0.193. The van der Waals surface area contributed by atoms with Crippen molar-refractivity contribution in [1.82, 2.24) is 14.5 Å². The van der Waals surface area contributed by atoms with Crippen LogP contribution in [-0.2, 0) is 20.1 Å². The predicted molar refractivity (Wildman–Crippen MR) is 267 cm³/mol. The molecule has 0 bridgehead atoms. The molecule has 7 aromatic carbocycles. The van der Waals surface area contributed by atoms with Crippen molar-refractivity contribution in [3.05, 3.63) is 168 Å². The van der Waals surface area contributed by atoms with Crippen LogP contribution in [0.4, 0.5) is 0 Å². The van der Waals surface area contributed by atoms with E-state index in [9.17, 15) is 0 Å². The molecule has 0 aliphatic heterocycles. The van der Waals surface area contributed by atoms with E-state index in [4.69, 9.17) is 22.0 Å². The first-order valence-corrected chi connectivity index (χ1v) is 25.0. The van der Waals surface area contributed by atoms with E-state index in [0.717, 1.165) is 77.1 Å².